The number of rotatable bonds is 5. The number of ether oxygens (including phenoxy) is 2. The molecule has 0 fully saturated rings. The number of thiazole rings is 1. The summed E-state index contributed by atoms with van der Waals surface area (Å²) in [5.41, 5.74) is 5.08. The fourth-order valence-corrected chi connectivity index (χ4v) is 3.17. The number of benzene rings is 2. The van der Waals surface area contributed by atoms with Crippen LogP contribution in [0, 0.1) is 5.82 Å². The van der Waals surface area contributed by atoms with Crippen LogP contribution in [0.2, 0.25) is 0 Å². The maximum Gasteiger partial charge on any atom is 0.289 e. The summed E-state index contributed by atoms with van der Waals surface area (Å²) in [6.07, 6.45) is 0. The van der Waals surface area contributed by atoms with Crippen molar-refractivity contribution in [3.8, 4) is 22.1 Å². The van der Waals surface area contributed by atoms with Gasteiger partial charge in [0.25, 0.3) is 11.8 Å². The summed E-state index contributed by atoms with van der Waals surface area (Å²) >= 11 is 1.26. The van der Waals surface area contributed by atoms with Crippen molar-refractivity contribution in [2.24, 2.45) is 0 Å². The van der Waals surface area contributed by atoms with E-state index < -0.39 is 17.6 Å². The lowest BCUT2D eigenvalue weighted by atomic mass is 10.2. The van der Waals surface area contributed by atoms with Gasteiger partial charge in [0.15, 0.2) is 11.5 Å². The van der Waals surface area contributed by atoms with Gasteiger partial charge in [-0.05, 0) is 30.3 Å². The van der Waals surface area contributed by atoms with E-state index in [4.69, 9.17) is 9.47 Å². The molecule has 0 saturated carbocycles. The lowest BCUT2D eigenvalue weighted by Crippen LogP contribution is -2.42. The summed E-state index contributed by atoms with van der Waals surface area (Å²) < 4.78 is 24.1. The van der Waals surface area contributed by atoms with Crippen LogP contribution in [0.1, 0.15) is 20.8 Å². The fraction of sp³-hybridized carbons (Fsp3) is 0.105. The zero-order chi connectivity index (χ0) is 20.1. The van der Waals surface area contributed by atoms with Crippen molar-refractivity contribution in [3.05, 3.63) is 64.9 Å². The van der Waals surface area contributed by atoms with Crippen LogP contribution in [0.4, 0.5) is 4.39 Å². The highest BCUT2D eigenvalue weighted by molar-refractivity contribution is 7.13. The van der Waals surface area contributed by atoms with Gasteiger partial charge in [0, 0.05) is 10.9 Å². The Kier molecular flexibility index (Phi) is 5.85. The highest BCUT2D eigenvalue weighted by Gasteiger charge is 2.16. The monoisotopic (exact) mass is 401 g/mol. The standard InChI is InChI=1S/C19H16FN3O4S/c1-26-15-8-7-11(9-16(15)27-2)19-21-14(10-28-19)18(25)23-22-17(24)12-5-3-4-6-13(12)20/h3-10H,1-2H3,(H,22,24)(H,23,25). The summed E-state index contributed by atoms with van der Waals surface area (Å²) in [6.45, 7) is 0. The van der Waals surface area contributed by atoms with Crippen molar-refractivity contribution in [3.63, 3.8) is 0 Å². The number of nitrogens with zero attached hydrogens (tertiary/aromatic N) is 1. The van der Waals surface area contributed by atoms with Crippen LogP contribution in [0.3, 0.4) is 0 Å². The highest BCUT2D eigenvalue weighted by atomic mass is 32.1. The molecular weight excluding hydrogens is 385 g/mol. The van der Waals surface area contributed by atoms with Gasteiger partial charge in [-0.3, -0.25) is 20.4 Å². The zero-order valence-corrected chi connectivity index (χ0v) is 15.8. The van der Waals surface area contributed by atoms with Crippen LogP contribution in [0.15, 0.2) is 47.8 Å². The van der Waals surface area contributed by atoms with E-state index in [1.807, 2.05) is 0 Å². The van der Waals surface area contributed by atoms with Gasteiger partial charge in [-0.25, -0.2) is 9.37 Å². The molecule has 0 aliphatic heterocycles. The van der Waals surface area contributed by atoms with E-state index in [-0.39, 0.29) is 11.3 Å². The molecule has 3 rings (SSSR count). The third kappa shape index (κ3) is 4.09. The molecule has 0 aliphatic rings. The largest absolute Gasteiger partial charge is 0.493 e. The maximum atomic E-state index is 13.6. The van der Waals surface area contributed by atoms with Crippen LogP contribution in [0.25, 0.3) is 10.6 Å². The molecule has 9 heteroatoms. The number of carbonyl (C=O) groups excluding carboxylic acids is 2. The molecule has 0 bridgehead atoms. The zero-order valence-electron chi connectivity index (χ0n) is 15.0. The highest BCUT2D eigenvalue weighted by Crippen LogP contribution is 2.33. The Morgan fingerprint density at radius 1 is 1.00 bits per heavy atom. The van der Waals surface area contributed by atoms with Crippen molar-refractivity contribution in [1.82, 2.24) is 15.8 Å². The minimum Gasteiger partial charge on any atom is -0.493 e. The Morgan fingerprint density at radius 3 is 2.43 bits per heavy atom. The number of amides is 2. The minimum absolute atomic E-state index is 0.114. The number of carbonyl (C=O) groups is 2. The average Bonchev–Trinajstić information content (AvgIpc) is 3.22. The summed E-state index contributed by atoms with van der Waals surface area (Å²) in [5, 5.41) is 2.14. The van der Waals surface area contributed by atoms with Gasteiger partial charge in [0.05, 0.1) is 19.8 Å². The summed E-state index contributed by atoms with van der Waals surface area (Å²) in [7, 11) is 3.07. The molecule has 7 nitrogen and oxygen atoms in total. The number of halogens is 1. The first-order valence-corrected chi connectivity index (χ1v) is 8.94. The fourth-order valence-electron chi connectivity index (χ4n) is 2.37. The smallest absolute Gasteiger partial charge is 0.289 e. The third-order valence-corrected chi connectivity index (χ3v) is 4.67. The normalized spacial score (nSPS) is 10.2. The van der Waals surface area contributed by atoms with Crippen molar-refractivity contribution >= 4 is 23.2 Å². The van der Waals surface area contributed by atoms with Crippen LogP contribution < -0.4 is 20.3 Å². The summed E-state index contributed by atoms with van der Waals surface area (Å²) in [4.78, 5) is 28.4. The lowest BCUT2D eigenvalue weighted by molar-refractivity contribution is 0.0842. The number of nitrogens with one attached hydrogen (secondary N) is 2. The first-order valence-electron chi connectivity index (χ1n) is 8.06. The van der Waals surface area contributed by atoms with E-state index in [9.17, 15) is 14.0 Å². The molecule has 0 saturated heterocycles. The van der Waals surface area contributed by atoms with Gasteiger partial charge in [0.1, 0.15) is 16.5 Å². The summed E-state index contributed by atoms with van der Waals surface area (Å²) in [6, 6.07) is 10.7. The predicted molar refractivity (Wildman–Crippen MR) is 102 cm³/mol. The Balaban J connectivity index is 1.69. The molecule has 0 radical (unpaired) electrons. The SMILES string of the molecule is COc1ccc(-c2nc(C(=O)NNC(=O)c3ccccc3F)cs2)cc1OC. The van der Waals surface area contributed by atoms with Crippen LogP contribution in [-0.4, -0.2) is 31.0 Å². The van der Waals surface area contributed by atoms with Crippen molar-refractivity contribution in [2.45, 2.75) is 0 Å². The van der Waals surface area contributed by atoms with Crippen LogP contribution in [-0.2, 0) is 0 Å². The molecule has 2 N–H and O–H groups in total. The third-order valence-electron chi connectivity index (χ3n) is 3.78. The van der Waals surface area contributed by atoms with E-state index >= 15 is 0 Å². The molecule has 0 aliphatic carbocycles. The molecule has 0 spiro atoms. The van der Waals surface area contributed by atoms with E-state index in [1.165, 1.54) is 36.6 Å². The predicted octanol–water partition coefficient (Wildman–Crippen LogP) is 3.04. The topological polar surface area (TPSA) is 89.5 Å². The van der Waals surface area contributed by atoms with Crippen molar-refractivity contribution in [2.75, 3.05) is 14.2 Å². The molecular formula is C19H16FN3O4S. The van der Waals surface area contributed by atoms with Crippen molar-refractivity contribution < 1.29 is 23.5 Å². The Labute approximate surface area is 164 Å². The molecule has 3 aromatic rings. The van der Waals surface area contributed by atoms with Crippen molar-refractivity contribution in [1.29, 1.82) is 0 Å². The quantitative estimate of drug-likeness (QED) is 0.642. The molecule has 144 valence electrons. The van der Waals surface area contributed by atoms with Gasteiger partial charge in [-0.15, -0.1) is 11.3 Å². The van der Waals surface area contributed by atoms with Crippen LogP contribution in [0.5, 0.6) is 11.5 Å². The van der Waals surface area contributed by atoms with E-state index in [0.717, 1.165) is 11.6 Å². The number of hydrazine groups is 1. The average molecular weight is 401 g/mol. The molecule has 1 heterocycles. The number of methoxy groups -OCH3 is 2. The lowest BCUT2D eigenvalue weighted by Gasteiger charge is -2.08. The second-order valence-corrected chi connectivity index (χ2v) is 6.35. The van der Waals surface area contributed by atoms with E-state index in [2.05, 4.69) is 15.8 Å². The van der Waals surface area contributed by atoms with E-state index in [1.54, 1.807) is 30.7 Å². The number of aromatic nitrogens is 1. The van der Waals surface area contributed by atoms with Gasteiger partial charge in [-0.1, -0.05) is 12.1 Å². The molecule has 28 heavy (non-hydrogen) atoms. The maximum absolute atomic E-state index is 13.6. The van der Waals surface area contributed by atoms with Gasteiger partial charge >= 0.3 is 0 Å². The first kappa shape index (κ1) is 19.3. The second kappa shape index (κ2) is 8.49. The number of hydrogen-bond acceptors (Lipinski definition) is 6. The Morgan fingerprint density at radius 2 is 1.71 bits per heavy atom. The molecule has 0 atom stereocenters. The Hall–Kier alpha value is -3.46. The first-order chi connectivity index (χ1) is 13.5. The Bertz CT molecular complexity index is 1020. The van der Waals surface area contributed by atoms with Gasteiger partial charge in [0.2, 0.25) is 0 Å². The van der Waals surface area contributed by atoms with E-state index in [0.29, 0.717) is 16.5 Å². The minimum atomic E-state index is -0.762. The summed E-state index contributed by atoms with van der Waals surface area (Å²) in [5.74, 6) is -0.942. The van der Waals surface area contributed by atoms with Gasteiger partial charge in [-0.2, -0.15) is 0 Å². The molecule has 2 aromatic carbocycles. The second-order valence-electron chi connectivity index (χ2n) is 5.50. The molecule has 1 aromatic heterocycles. The van der Waals surface area contributed by atoms with Crippen LogP contribution >= 0.6 is 11.3 Å². The molecule has 0 unspecified atom stereocenters. The number of hydrogen-bond donors (Lipinski definition) is 2. The van der Waals surface area contributed by atoms with Gasteiger partial charge < -0.3 is 9.47 Å². The molecule has 2 amide bonds.